The molecule has 5 nitrogen and oxygen atoms in total. The van der Waals surface area contributed by atoms with Crippen molar-refractivity contribution in [2.45, 2.75) is 6.18 Å². The summed E-state index contributed by atoms with van der Waals surface area (Å²) in [5.41, 5.74) is 0.205. The van der Waals surface area contributed by atoms with Gasteiger partial charge < -0.3 is 15.7 Å². The van der Waals surface area contributed by atoms with Gasteiger partial charge in [0.15, 0.2) is 0 Å². The molecule has 0 aliphatic carbocycles. The molecule has 2 amide bonds. The van der Waals surface area contributed by atoms with Crippen molar-refractivity contribution >= 4 is 17.7 Å². The van der Waals surface area contributed by atoms with E-state index in [9.17, 15) is 22.8 Å². The number of benzene rings is 1. The number of aromatic carboxylic acids is 1. The first kappa shape index (κ1) is 13.8. The first-order valence-electron chi connectivity index (χ1n) is 4.73. The number of carboxylic acids is 1. The minimum Gasteiger partial charge on any atom is -0.478 e. The zero-order valence-corrected chi connectivity index (χ0v) is 8.91. The van der Waals surface area contributed by atoms with E-state index in [1.807, 2.05) is 0 Å². The van der Waals surface area contributed by atoms with Gasteiger partial charge in [-0.25, -0.2) is 9.59 Å². The average Bonchev–Trinajstić information content (AvgIpc) is 2.26. The maximum absolute atomic E-state index is 11.8. The monoisotopic (exact) mass is 262 g/mol. The average molecular weight is 262 g/mol. The molecule has 98 valence electrons. The number of carbonyl (C=O) groups excluding carboxylic acids is 1. The Bertz CT molecular complexity index is 443. The lowest BCUT2D eigenvalue weighted by atomic mass is 10.2. The van der Waals surface area contributed by atoms with E-state index >= 15 is 0 Å². The van der Waals surface area contributed by atoms with Gasteiger partial charge in [0.25, 0.3) is 0 Å². The van der Waals surface area contributed by atoms with Crippen molar-refractivity contribution in [3.8, 4) is 0 Å². The number of halogens is 3. The molecular weight excluding hydrogens is 253 g/mol. The Kier molecular flexibility index (Phi) is 4.13. The van der Waals surface area contributed by atoms with Crippen LogP contribution in [0, 0.1) is 0 Å². The third kappa shape index (κ3) is 4.73. The molecule has 3 N–H and O–H groups in total. The van der Waals surface area contributed by atoms with Gasteiger partial charge in [-0.2, -0.15) is 13.2 Å². The summed E-state index contributed by atoms with van der Waals surface area (Å²) in [6, 6.07) is 3.98. The zero-order chi connectivity index (χ0) is 13.8. The van der Waals surface area contributed by atoms with Gasteiger partial charge in [0, 0.05) is 5.69 Å². The Morgan fingerprint density at radius 1 is 1.17 bits per heavy atom. The number of amides is 2. The van der Waals surface area contributed by atoms with Crippen LogP contribution >= 0.6 is 0 Å². The lowest BCUT2D eigenvalue weighted by Crippen LogP contribution is -2.36. The predicted octanol–water partition coefficient (Wildman–Crippen LogP) is 2.07. The second-order valence-electron chi connectivity index (χ2n) is 3.31. The molecule has 0 heterocycles. The molecule has 0 fully saturated rings. The maximum atomic E-state index is 11.8. The van der Waals surface area contributed by atoms with Crippen molar-refractivity contribution < 1.29 is 27.9 Å². The third-order valence-electron chi connectivity index (χ3n) is 1.84. The van der Waals surface area contributed by atoms with Crippen molar-refractivity contribution in [2.75, 3.05) is 11.9 Å². The minimum absolute atomic E-state index is 0.0104. The molecule has 8 heteroatoms. The maximum Gasteiger partial charge on any atom is 0.405 e. The summed E-state index contributed by atoms with van der Waals surface area (Å²) in [7, 11) is 0. The van der Waals surface area contributed by atoms with Crippen LogP contribution < -0.4 is 10.6 Å². The predicted molar refractivity (Wildman–Crippen MR) is 56.5 cm³/mol. The van der Waals surface area contributed by atoms with E-state index in [1.54, 1.807) is 5.32 Å². The Labute approximate surface area is 99.6 Å². The Balaban J connectivity index is 2.52. The van der Waals surface area contributed by atoms with Crippen molar-refractivity contribution in [3.63, 3.8) is 0 Å². The molecule has 0 spiro atoms. The molecular formula is C10H9F3N2O3. The van der Waals surface area contributed by atoms with Gasteiger partial charge in [-0.3, -0.25) is 0 Å². The van der Waals surface area contributed by atoms with Crippen LogP contribution in [0.25, 0.3) is 0 Å². The number of anilines is 1. The molecule has 1 aromatic carbocycles. The van der Waals surface area contributed by atoms with Crippen LogP contribution in [0.3, 0.4) is 0 Å². The number of carboxylic acid groups (broad SMARTS) is 1. The topological polar surface area (TPSA) is 78.4 Å². The highest BCUT2D eigenvalue weighted by molar-refractivity contribution is 5.91. The van der Waals surface area contributed by atoms with E-state index < -0.39 is 24.7 Å². The van der Waals surface area contributed by atoms with Gasteiger partial charge in [-0.1, -0.05) is 0 Å². The number of urea groups is 1. The molecule has 18 heavy (non-hydrogen) atoms. The van der Waals surface area contributed by atoms with Crippen molar-refractivity contribution in [2.24, 2.45) is 0 Å². The summed E-state index contributed by atoms with van der Waals surface area (Å²) < 4.78 is 35.4. The van der Waals surface area contributed by atoms with Crippen molar-refractivity contribution in [1.82, 2.24) is 5.32 Å². The van der Waals surface area contributed by atoms with Crippen LogP contribution in [0.5, 0.6) is 0 Å². The van der Waals surface area contributed by atoms with Crippen LogP contribution in [0.1, 0.15) is 10.4 Å². The first-order chi connectivity index (χ1) is 8.28. The van der Waals surface area contributed by atoms with E-state index in [0.29, 0.717) is 0 Å². The molecule has 0 aliphatic heterocycles. The van der Waals surface area contributed by atoms with E-state index in [4.69, 9.17) is 5.11 Å². The number of carbonyl (C=O) groups is 2. The van der Waals surface area contributed by atoms with Crippen LogP contribution in [0.4, 0.5) is 23.7 Å². The molecule has 1 aromatic rings. The van der Waals surface area contributed by atoms with Gasteiger partial charge in [0.2, 0.25) is 0 Å². The molecule has 1 rings (SSSR count). The molecule has 0 radical (unpaired) electrons. The van der Waals surface area contributed by atoms with Crippen LogP contribution in [0.2, 0.25) is 0 Å². The number of rotatable bonds is 3. The Hall–Kier alpha value is -2.25. The standard InChI is InChI=1S/C10H9F3N2O3/c11-10(12,13)5-14-9(18)15-7-3-1-6(2-4-7)8(16)17/h1-4H,5H2,(H,16,17)(H2,14,15,18). The van der Waals surface area contributed by atoms with E-state index in [1.165, 1.54) is 24.3 Å². The Morgan fingerprint density at radius 2 is 1.72 bits per heavy atom. The molecule has 0 saturated heterocycles. The number of hydrogen-bond acceptors (Lipinski definition) is 2. The highest BCUT2D eigenvalue weighted by Crippen LogP contribution is 2.13. The summed E-state index contributed by atoms with van der Waals surface area (Å²) >= 11 is 0. The van der Waals surface area contributed by atoms with Gasteiger partial charge in [-0.05, 0) is 24.3 Å². The zero-order valence-electron chi connectivity index (χ0n) is 8.91. The van der Waals surface area contributed by atoms with Gasteiger partial charge >= 0.3 is 18.2 Å². The van der Waals surface area contributed by atoms with Gasteiger partial charge in [0.1, 0.15) is 6.54 Å². The summed E-state index contributed by atoms with van der Waals surface area (Å²) in [4.78, 5) is 21.6. The Morgan fingerprint density at radius 3 is 2.17 bits per heavy atom. The van der Waals surface area contributed by atoms with Crippen molar-refractivity contribution in [1.29, 1.82) is 0 Å². The fraction of sp³-hybridized carbons (Fsp3) is 0.200. The molecule has 0 atom stereocenters. The summed E-state index contributed by atoms with van der Waals surface area (Å²) in [6.45, 7) is -1.44. The molecule has 0 aromatic heterocycles. The number of nitrogens with one attached hydrogen (secondary N) is 2. The van der Waals surface area contributed by atoms with Crippen LogP contribution in [-0.4, -0.2) is 29.8 Å². The second kappa shape index (κ2) is 5.39. The highest BCUT2D eigenvalue weighted by Gasteiger charge is 2.27. The van der Waals surface area contributed by atoms with Crippen LogP contribution in [-0.2, 0) is 0 Å². The molecule has 0 unspecified atom stereocenters. The van der Waals surface area contributed by atoms with E-state index in [2.05, 4.69) is 5.32 Å². The molecule has 0 aliphatic rings. The normalized spacial score (nSPS) is 10.8. The lowest BCUT2D eigenvalue weighted by molar-refractivity contribution is -0.122. The summed E-state index contributed by atoms with van der Waals surface area (Å²) in [5, 5.41) is 12.4. The van der Waals surface area contributed by atoms with E-state index in [-0.39, 0.29) is 11.3 Å². The van der Waals surface area contributed by atoms with E-state index in [0.717, 1.165) is 0 Å². The smallest absolute Gasteiger partial charge is 0.405 e. The quantitative estimate of drug-likeness (QED) is 0.780. The minimum atomic E-state index is -4.48. The number of hydrogen-bond donors (Lipinski definition) is 3. The largest absolute Gasteiger partial charge is 0.478 e. The lowest BCUT2D eigenvalue weighted by Gasteiger charge is -2.09. The summed E-state index contributed by atoms with van der Waals surface area (Å²) in [6.07, 6.45) is -4.48. The molecule has 0 bridgehead atoms. The SMILES string of the molecule is O=C(NCC(F)(F)F)Nc1ccc(C(=O)O)cc1. The first-order valence-corrected chi connectivity index (χ1v) is 4.73. The fourth-order valence-corrected chi connectivity index (χ4v) is 1.05. The van der Waals surface area contributed by atoms with Crippen molar-refractivity contribution in [3.05, 3.63) is 29.8 Å². The number of alkyl halides is 3. The second-order valence-corrected chi connectivity index (χ2v) is 3.31. The van der Waals surface area contributed by atoms with Gasteiger partial charge in [0.05, 0.1) is 5.56 Å². The third-order valence-corrected chi connectivity index (χ3v) is 1.84. The van der Waals surface area contributed by atoms with Gasteiger partial charge in [-0.15, -0.1) is 0 Å². The molecule has 0 saturated carbocycles. The summed E-state index contributed by atoms with van der Waals surface area (Å²) in [5.74, 6) is -1.14. The van der Waals surface area contributed by atoms with Crippen LogP contribution in [0.15, 0.2) is 24.3 Å². The fourth-order valence-electron chi connectivity index (χ4n) is 1.05. The highest BCUT2D eigenvalue weighted by atomic mass is 19.4.